The Balaban J connectivity index is 2.74. The largest absolute Gasteiger partial charge is 0.212 e. The van der Waals surface area contributed by atoms with Crippen LogP contribution in [0.3, 0.4) is 0 Å². The fraction of sp³-hybridized carbons (Fsp3) is 0.667. The van der Waals surface area contributed by atoms with Crippen LogP contribution in [0, 0.1) is 0 Å². The minimum absolute atomic E-state index is 0.488. The highest BCUT2D eigenvalue weighted by Crippen LogP contribution is 2.19. The Kier molecular flexibility index (Phi) is 2.80. The summed E-state index contributed by atoms with van der Waals surface area (Å²) in [5.74, 6) is 1.45. The number of hydrogen-bond acceptors (Lipinski definition) is 3. The van der Waals surface area contributed by atoms with Crippen LogP contribution in [-0.2, 0) is 0 Å². The number of halogens is 1. The Labute approximate surface area is 73.0 Å². The number of hydrogen-bond donors (Lipinski definition) is 0. The van der Waals surface area contributed by atoms with E-state index in [1.165, 1.54) is 11.5 Å². The minimum atomic E-state index is 0.488. The molecule has 0 aromatic carbocycles. The second kappa shape index (κ2) is 3.44. The van der Waals surface area contributed by atoms with E-state index in [-0.39, 0.29) is 0 Å². The molecule has 1 unspecified atom stereocenters. The fourth-order valence-electron chi connectivity index (χ4n) is 0.598. The lowest BCUT2D eigenvalue weighted by molar-refractivity contribution is 0.691. The average molecular weight is 221 g/mol. The van der Waals surface area contributed by atoms with E-state index in [9.17, 15) is 0 Å². The molecule has 0 saturated carbocycles. The highest BCUT2D eigenvalue weighted by atomic mass is 79.9. The van der Waals surface area contributed by atoms with Crippen molar-refractivity contribution >= 4 is 27.5 Å². The van der Waals surface area contributed by atoms with Crippen LogP contribution in [-0.4, -0.2) is 9.36 Å². The van der Waals surface area contributed by atoms with Gasteiger partial charge in [0.15, 0.2) is 3.92 Å². The summed E-state index contributed by atoms with van der Waals surface area (Å²) in [6, 6.07) is 0. The molecule has 56 valence electrons. The lowest BCUT2D eigenvalue weighted by Gasteiger charge is -1.99. The second-order valence-electron chi connectivity index (χ2n) is 2.21. The monoisotopic (exact) mass is 220 g/mol. The van der Waals surface area contributed by atoms with Crippen molar-refractivity contribution in [3.05, 3.63) is 9.74 Å². The highest BCUT2D eigenvalue weighted by molar-refractivity contribution is 9.11. The van der Waals surface area contributed by atoms with E-state index in [0.29, 0.717) is 5.92 Å². The maximum Gasteiger partial charge on any atom is 0.179 e. The van der Waals surface area contributed by atoms with Crippen LogP contribution >= 0.6 is 27.5 Å². The van der Waals surface area contributed by atoms with Gasteiger partial charge in [-0.2, -0.15) is 4.37 Å². The Bertz CT molecular complexity index is 211. The lowest BCUT2D eigenvalue weighted by Crippen LogP contribution is -1.92. The standard InChI is InChI=1S/C6H9BrN2S/c1-3-4(2)5-8-6(7)10-9-5/h4H,3H2,1-2H3. The Morgan fingerprint density at radius 2 is 2.40 bits per heavy atom. The van der Waals surface area contributed by atoms with E-state index < -0.39 is 0 Å². The average Bonchev–Trinajstić information content (AvgIpc) is 2.34. The lowest BCUT2D eigenvalue weighted by atomic mass is 10.1. The van der Waals surface area contributed by atoms with Gasteiger partial charge in [0.05, 0.1) is 0 Å². The molecule has 1 heterocycles. The third kappa shape index (κ3) is 1.76. The molecule has 1 aromatic heterocycles. The van der Waals surface area contributed by atoms with Gasteiger partial charge in [-0.25, -0.2) is 4.98 Å². The SMILES string of the molecule is CCC(C)c1nsc(Br)n1. The molecule has 1 rings (SSSR count). The maximum atomic E-state index is 4.21. The third-order valence-corrected chi connectivity index (χ3v) is 2.60. The molecule has 10 heavy (non-hydrogen) atoms. The van der Waals surface area contributed by atoms with Crippen LogP contribution in [0.15, 0.2) is 3.92 Å². The van der Waals surface area contributed by atoms with Crippen molar-refractivity contribution in [2.75, 3.05) is 0 Å². The molecule has 2 nitrogen and oxygen atoms in total. The number of aromatic nitrogens is 2. The predicted molar refractivity (Wildman–Crippen MR) is 46.3 cm³/mol. The molecule has 0 N–H and O–H groups in total. The second-order valence-corrected chi connectivity index (χ2v) is 4.24. The first-order valence-electron chi connectivity index (χ1n) is 3.23. The summed E-state index contributed by atoms with van der Waals surface area (Å²) >= 11 is 4.68. The summed E-state index contributed by atoms with van der Waals surface area (Å²) in [6.45, 7) is 4.27. The molecule has 0 amide bonds. The minimum Gasteiger partial charge on any atom is -0.212 e. The Morgan fingerprint density at radius 3 is 2.80 bits per heavy atom. The quantitative estimate of drug-likeness (QED) is 0.767. The number of nitrogens with zero attached hydrogens (tertiary/aromatic N) is 2. The maximum absolute atomic E-state index is 4.21. The molecule has 0 fully saturated rings. The van der Waals surface area contributed by atoms with E-state index in [1.807, 2.05) is 0 Å². The molecule has 0 aliphatic carbocycles. The molecule has 0 bridgehead atoms. The molecule has 1 atom stereocenters. The van der Waals surface area contributed by atoms with Gasteiger partial charge in [-0.05, 0) is 33.9 Å². The van der Waals surface area contributed by atoms with Crippen LogP contribution < -0.4 is 0 Å². The summed E-state index contributed by atoms with van der Waals surface area (Å²) in [5, 5.41) is 0. The third-order valence-electron chi connectivity index (χ3n) is 1.47. The molecule has 4 heteroatoms. The summed E-state index contributed by atoms with van der Waals surface area (Å²) in [4.78, 5) is 4.21. The zero-order chi connectivity index (χ0) is 7.56. The van der Waals surface area contributed by atoms with Crippen molar-refractivity contribution in [3.8, 4) is 0 Å². The van der Waals surface area contributed by atoms with Gasteiger partial charge in [-0.3, -0.25) is 0 Å². The molecule has 0 aliphatic rings. The van der Waals surface area contributed by atoms with Gasteiger partial charge >= 0.3 is 0 Å². The van der Waals surface area contributed by atoms with Crippen molar-refractivity contribution in [1.29, 1.82) is 0 Å². The smallest absolute Gasteiger partial charge is 0.179 e. The molecule has 0 aliphatic heterocycles. The summed E-state index contributed by atoms with van der Waals surface area (Å²) in [6.07, 6.45) is 1.10. The summed E-state index contributed by atoms with van der Waals surface area (Å²) in [5.41, 5.74) is 0. The van der Waals surface area contributed by atoms with Crippen LogP contribution in [0.5, 0.6) is 0 Å². The first-order valence-corrected chi connectivity index (χ1v) is 4.79. The molecular formula is C6H9BrN2S. The molecular weight excluding hydrogens is 212 g/mol. The van der Waals surface area contributed by atoms with Crippen molar-refractivity contribution < 1.29 is 0 Å². The van der Waals surface area contributed by atoms with Crippen LogP contribution in [0.4, 0.5) is 0 Å². The highest BCUT2D eigenvalue weighted by Gasteiger charge is 2.07. The zero-order valence-corrected chi connectivity index (χ0v) is 8.37. The van der Waals surface area contributed by atoms with Gasteiger partial charge in [0, 0.05) is 5.92 Å². The zero-order valence-electron chi connectivity index (χ0n) is 5.97. The van der Waals surface area contributed by atoms with Crippen molar-refractivity contribution in [1.82, 2.24) is 9.36 Å². The van der Waals surface area contributed by atoms with Gasteiger partial charge < -0.3 is 0 Å². The van der Waals surface area contributed by atoms with Gasteiger partial charge in [0.1, 0.15) is 5.82 Å². The van der Waals surface area contributed by atoms with Crippen molar-refractivity contribution in [3.63, 3.8) is 0 Å². The molecule has 0 saturated heterocycles. The van der Waals surface area contributed by atoms with Crippen molar-refractivity contribution in [2.45, 2.75) is 26.2 Å². The first-order chi connectivity index (χ1) is 4.74. The number of rotatable bonds is 2. The fourth-order valence-corrected chi connectivity index (χ4v) is 1.52. The van der Waals surface area contributed by atoms with Crippen LogP contribution in [0.1, 0.15) is 32.0 Å². The Hall–Kier alpha value is 0.0400. The van der Waals surface area contributed by atoms with Gasteiger partial charge in [0.25, 0.3) is 0 Å². The van der Waals surface area contributed by atoms with E-state index in [4.69, 9.17) is 0 Å². The first kappa shape index (κ1) is 8.14. The van der Waals surface area contributed by atoms with E-state index >= 15 is 0 Å². The summed E-state index contributed by atoms with van der Waals surface area (Å²) in [7, 11) is 0. The Morgan fingerprint density at radius 1 is 1.70 bits per heavy atom. The molecule has 1 aromatic rings. The topological polar surface area (TPSA) is 25.8 Å². The van der Waals surface area contributed by atoms with E-state index in [1.54, 1.807) is 0 Å². The molecule has 0 radical (unpaired) electrons. The van der Waals surface area contributed by atoms with Crippen LogP contribution in [0.25, 0.3) is 0 Å². The van der Waals surface area contributed by atoms with Gasteiger partial charge in [-0.1, -0.05) is 13.8 Å². The van der Waals surface area contributed by atoms with Crippen LogP contribution in [0.2, 0.25) is 0 Å². The van der Waals surface area contributed by atoms with Gasteiger partial charge in [-0.15, -0.1) is 0 Å². The van der Waals surface area contributed by atoms with Crippen molar-refractivity contribution in [2.24, 2.45) is 0 Å². The van der Waals surface area contributed by atoms with E-state index in [0.717, 1.165) is 16.2 Å². The van der Waals surface area contributed by atoms with Gasteiger partial charge in [0.2, 0.25) is 0 Å². The summed E-state index contributed by atoms with van der Waals surface area (Å²) < 4.78 is 5.05. The predicted octanol–water partition coefficient (Wildman–Crippen LogP) is 2.81. The normalized spacial score (nSPS) is 13.5. The van der Waals surface area contributed by atoms with E-state index in [2.05, 4.69) is 39.1 Å². The molecule has 0 spiro atoms.